The van der Waals surface area contributed by atoms with E-state index in [1.807, 2.05) is 17.6 Å². The summed E-state index contributed by atoms with van der Waals surface area (Å²) in [6.07, 6.45) is 3.91. The normalized spacial score (nSPS) is 17.6. The SMILES string of the molecule is C=C(F)C(=O)NCC(=O)N1CCC12CN(Cc1cc3c(N4CCOCC4)nc(-c4cnc(NC(=O)OC)cc4C)nn3c1)C2. The number of likely N-dealkylation sites (tertiary alicyclic amines) is 2. The van der Waals surface area contributed by atoms with Crippen LogP contribution in [0, 0.1) is 6.92 Å². The molecule has 3 amide bonds. The number of anilines is 2. The van der Waals surface area contributed by atoms with Gasteiger partial charge in [-0.15, -0.1) is 5.10 Å². The molecule has 0 aliphatic carbocycles. The van der Waals surface area contributed by atoms with Crippen molar-refractivity contribution in [2.75, 3.05) is 69.8 Å². The van der Waals surface area contributed by atoms with Crippen molar-refractivity contribution in [3.63, 3.8) is 0 Å². The van der Waals surface area contributed by atoms with Crippen molar-refractivity contribution in [2.24, 2.45) is 0 Å². The predicted octanol–water partition coefficient (Wildman–Crippen LogP) is 1.50. The molecule has 3 aliphatic heterocycles. The van der Waals surface area contributed by atoms with Gasteiger partial charge in [-0.2, -0.15) is 0 Å². The molecule has 14 nitrogen and oxygen atoms in total. The monoisotopic (exact) mass is 607 g/mol. The lowest BCUT2D eigenvalue weighted by atomic mass is 9.77. The highest BCUT2D eigenvalue weighted by atomic mass is 19.1. The van der Waals surface area contributed by atoms with Crippen LogP contribution >= 0.6 is 0 Å². The third-order valence-electron chi connectivity index (χ3n) is 8.34. The number of halogens is 1. The van der Waals surface area contributed by atoms with Gasteiger partial charge in [-0.1, -0.05) is 6.58 Å². The van der Waals surface area contributed by atoms with Crippen molar-refractivity contribution in [1.82, 2.24) is 34.7 Å². The molecule has 0 atom stereocenters. The first-order chi connectivity index (χ1) is 21.2. The topological polar surface area (TPSA) is 147 Å². The fourth-order valence-corrected chi connectivity index (χ4v) is 6.02. The van der Waals surface area contributed by atoms with Crippen LogP contribution in [-0.4, -0.2) is 112 Å². The summed E-state index contributed by atoms with van der Waals surface area (Å²) in [5, 5.41) is 9.69. The number of methoxy groups -OCH3 is 1. The molecule has 0 bridgehead atoms. The van der Waals surface area contributed by atoms with E-state index in [2.05, 4.69) is 42.8 Å². The number of hydrogen-bond donors (Lipinski definition) is 2. The van der Waals surface area contributed by atoms with Gasteiger partial charge in [0, 0.05) is 57.2 Å². The number of ether oxygens (including phenoxy) is 2. The smallest absolute Gasteiger partial charge is 0.412 e. The first-order valence-electron chi connectivity index (χ1n) is 14.4. The zero-order chi connectivity index (χ0) is 31.0. The summed E-state index contributed by atoms with van der Waals surface area (Å²) in [7, 11) is 1.29. The van der Waals surface area contributed by atoms with Gasteiger partial charge in [-0.25, -0.2) is 23.7 Å². The first kappa shape index (κ1) is 29.4. The molecule has 6 heterocycles. The van der Waals surface area contributed by atoms with Gasteiger partial charge in [-0.05, 0) is 36.6 Å². The van der Waals surface area contributed by atoms with Crippen molar-refractivity contribution < 1.29 is 28.2 Å². The number of rotatable bonds is 8. The Balaban J connectivity index is 1.20. The van der Waals surface area contributed by atoms with E-state index in [0.717, 1.165) is 34.4 Å². The molecular weight excluding hydrogens is 573 g/mol. The van der Waals surface area contributed by atoms with Crippen molar-refractivity contribution >= 4 is 35.1 Å². The zero-order valence-corrected chi connectivity index (χ0v) is 24.6. The van der Waals surface area contributed by atoms with Gasteiger partial charge in [0.05, 0.1) is 32.4 Å². The van der Waals surface area contributed by atoms with Gasteiger partial charge in [0.1, 0.15) is 11.3 Å². The minimum absolute atomic E-state index is 0.225. The minimum atomic E-state index is -1.11. The van der Waals surface area contributed by atoms with Crippen LogP contribution in [0.25, 0.3) is 16.9 Å². The fourth-order valence-electron chi connectivity index (χ4n) is 6.02. The van der Waals surface area contributed by atoms with E-state index in [9.17, 15) is 18.8 Å². The molecule has 15 heteroatoms. The molecule has 3 saturated heterocycles. The van der Waals surface area contributed by atoms with Gasteiger partial charge in [-0.3, -0.25) is 19.8 Å². The number of aryl methyl sites for hydroxylation is 1. The van der Waals surface area contributed by atoms with E-state index in [0.29, 0.717) is 64.1 Å². The van der Waals surface area contributed by atoms with Crippen LogP contribution in [0.3, 0.4) is 0 Å². The number of aromatic nitrogens is 4. The summed E-state index contributed by atoms with van der Waals surface area (Å²) in [4.78, 5) is 51.3. The largest absolute Gasteiger partial charge is 0.453 e. The molecule has 3 aromatic rings. The van der Waals surface area contributed by atoms with E-state index in [4.69, 9.17) is 14.8 Å². The number of nitrogens with one attached hydrogen (secondary N) is 2. The van der Waals surface area contributed by atoms with Crippen LogP contribution in [0.15, 0.2) is 36.9 Å². The van der Waals surface area contributed by atoms with Crippen LogP contribution < -0.4 is 15.5 Å². The molecule has 6 rings (SSSR count). The lowest BCUT2D eigenvalue weighted by Crippen LogP contribution is -2.78. The Hall–Kier alpha value is -4.63. The van der Waals surface area contributed by atoms with Gasteiger partial charge in [0.2, 0.25) is 5.91 Å². The number of fused-ring (bicyclic) bond motifs is 1. The molecule has 3 aromatic heterocycles. The van der Waals surface area contributed by atoms with Gasteiger partial charge >= 0.3 is 6.09 Å². The second-order valence-corrected chi connectivity index (χ2v) is 11.3. The van der Waals surface area contributed by atoms with Gasteiger partial charge < -0.3 is 24.6 Å². The van der Waals surface area contributed by atoms with Crippen molar-refractivity contribution in [3.8, 4) is 11.4 Å². The number of pyridine rings is 1. The lowest BCUT2D eigenvalue weighted by molar-refractivity contribution is -0.166. The molecule has 0 saturated carbocycles. The molecule has 44 heavy (non-hydrogen) atoms. The van der Waals surface area contributed by atoms with Crippen LogP contribution in [-0.2, 0) is 25.6 Å². The third kappa shape index (κ3) is 5.67. The van der Waals surface area contributed by atoms with Crippen molar-refractivity contribution in [1.29, 1.82) is 0 Å². The Morgan fingerprint density at radius 2 is 1.95 bits per heavy atom. The average Bonchev–Trinajstić information content (AvgIpc) is 3.39. The summed E-state index contributed by atoms with van der Waals surface area (Å²) < 4.78 is 25.0. The molecule has 0 unspecified atom stereocenters. The quantitative estimate of drug-likeness (QED) is 0.361. The Labute approximate surface area is 252 Å². The molecule has 0 radical (unpaired) electrons. The third-order valence-corrected chi connectivity index (χ3v) is 8.34. The van der Waals surface area contributed by atoms with E-state index in [1.165, 1.54) is 7.11 Å². The lowest BCUT2D eigenvalue weighted by Gasteiger charge is -2.62. The maximum atomic E-state index is 13.0. The molecule has 0 aromatic carbocycles. The van der Waals surface area contributed by atoms with Crippen LogP contribution in [0.5, 0.6) is 0 Å². The van der Waals surface area contributed by atoms with Gasteiger partial charge in [0.25, 0.3) is 5.91 Å². The zero-order valence-electron chi connectivity index (χ0n) is 24.6. The number of morpholine rings is 1. The Morgan fingerprint density at radius 3 is 2.61 bits per heavy atom. The molecule has 3 fully saturated rings. The molecular formula is C29H34FN9O5. The molecule has 232 valence electrons. The van der Waals surface area contributed by atoms with Gasteiger partial charge in [0.15, 0.2) is 17.5 Å². The highest BCUT2D eigenvalue weighted by Gasteiger charge is 2.54. The fraction of sp³-hybridized carbons (Fsp3) is 0.448. The Bertz CT molecular complexity index is 1630. The standard InChI is InChI=1S/C29H34FN9O5/c1-18-10-23(33-28(42)43-3)31-12-21(18)25-34-26(37-6-8-44-9-7-37)22-11-20(15-39(22)35-25)14-36-16-29(17-36)4-5-38(29)24(40)13-32-27(41)19(2)30/h10-12,15H,2,4-9,13-14,16-17H2,1,3H3,(H,32,41)(H,31,33,42). The number of hydrogen-bond acceptors (Lipinski definition) is 10. The summed E-state index contributed by atoms with van der Waals surface area (Å²) in [5.74, 6) is -0.634. The summed E-state index contributed by atoms with van der Waals surface area (Å²) in [5.41, 5.74) is 3.25. The first-order valence-corrected chi connectivity index (χ1v) is 14.4. The summed E-state index contributed by atoms with van der Waals surface area (Å²) >= 11 is 0. The molecule has 3 aliphatic rings. The molecule has 1 spiro atoms. The van der Waals surface area contributed by atoms with E-state index in [1.54, 1.807) is 17.2 Å². The predicted molar refractivity (Wildman–Crippen MR) is 158 cm³/mol. The van der Waals surface area contributed by atoms with Crippen molar-refractivity contribution in [3.05, 3.63) is 48.1 Å². The van der Waals surface area contributed by atoms with Crippen LogP contribution in [0.2, 0.25) is 0 Å². The number of amides is 3. The number of carbonyl (C=O) groups excluding carboxylic acids is 3. The highest BCUT2D eigenvalue weighted by molar-refractivity contribution is 5.93. The Kier molecular flexibility index (Phi) is 7.90. The van der Waals surface area contributed by atoms with E-state index >= 15 is 0 Å². The van der Waals surface area contributed by atoms with Crippen LogP contribution in [0.4, 0.5) is 20.8 Å². The average molecular weight is 608 g/mol. The summed E-state index contributed by atoms with van der Waals surface area (Å²) in [6, 6.07) is 3.84. The molecule has 2 N–H and O–H groups in total. The van der Waals surface area contributed by atoms with Crippen LogP contribution in [0.1, 0.15) is 17.5 Å². The number of carbonyl (C=O) groups is 3. The maximum Gasteiger partial charge on any atom is 0.412 e. The summed E-state index contributed by atoms with van der Waals surface area (Å²) in [6.45, 7) is 9.91. The second-order valence-electron chi connectivity index (χ2n) is 11.3. The maximum absolute atomic E-state index is 13.0. The number of nitrogens with zero attached hydrogens (tertiary/aromatic N) is 7. The van der Waals surface area contributed by atoms with Crippen molar-refractivity contribution in [2.45, 2.75) is 25.4 Å². The van der Waals surface area contributed by atoms with E-state index in [-0.39, 0.29) is 18.0 Å². The highest BCUT2D eigenvalue weighted by Crippen LogP contribution is 2.40. The minimum Gasteiger partial charge on any atom is -0.453 e. The Morgan fingerprint density at radius 1 is 1.18 bits per heavy atom. The van der Waals surface area contributed by atoms with E-state index < -0.39 is 17.8 Å². The second kappa shape index (κ2) is 11.8.